The summed E-state index contributed by atoms with van der Waals surface area (Å²) in [6.45, 7) is 3.20. The second-order valence-corrected chi connectivity index (χ2v) is 8.00. The summed E-state index contributed by atoms with van der Waals surface area (Å²) in [6.07, 6.45) is 0. The van der Waals surface area contributed by atoms with Crippen LogP contribution in [0.15, 0.2) is 50.5 Å². The number of anilines is 1. The lowest BCUT2D eigenvalue weighted by Gasteiger charge is -2.11. The summed E-state index contributed by atoms with van der Waals surface area (Å²) in [7, 11) is -3.95. The predicted molar refractivity (Wildman–Crippen MR) is 104 cm³/mol. The van der Waals surface area contributed by atoms with E-state index in [-0.39, 0.29) is 29.1 Å². The van der Waals surface area contributed by atoms with Crippen LogP contribution in [0.1, 0.15) is 12.5 Å². The normalized spacial score (nSPS) is 11.5. The Labute approximate surface area is 165 Å². The fourth-order valence-corrected chi connectivity index (χ4v) is 3.93. The molecule has 148 valence electrons. The third kappa shape index (κ3) is 3.90. The third-order valence-electron chi connectivity index (χ3n) is 4.05. The monoisotopic (exact) mass is 424 g/mol. The molecule has 2 aromatic carbocycles. The minimum absolute atomic E-state index is 0.0417. The molecule has 3 aromatic rings. The van der Waals surface area contributed by atoms with E-state index in [0.29, 0.717) is 16.3 Å². The summed E-state index contributed by atoms with van der Waals surface area (Å²) in [5, 5.41) is 0.428. The topological polar surface area (TPSA) is 108 Å². The molecule has 0 amide bonds. The molecule has 0 aliphatic carbocycles. The van der Waals surface area contributed by atoms with Crippen molar-refractivity contribution in [3.63, 3.8) is 0 Å². The van der Waals surface area contributed by atoms with E-state index in [0.717, 1.165) is 4.57 Å². The summed E-state index contributed by atoms with van der Waals surface area (Å²) >= 11 is 6.03. The number of ether oxygens (including phenoxy) is 1. The maximum absolute atomic E-state index is 12.7. The van der Waals surface area contributed by atoms with Crippen molar-refractivity contribution in [1.82, 2.24) is 4.57 Å². The fourth-order valence-electron chi connectivity index (χ4n) is 2.62. The van der Waals surface area contributed by atoms with Gasteiger partial charge in [0, 0.05) is 11.1 Å². The number of nitrogens with one attached hydrogen (secondary N) is 1. The smallest absolute Gasteiger partial charge is 0.420 e. The Morgan fingerprint density at radius 2 is 2.04 bits per heavy atom. The quantitative estimate of drug-likeness (QED) is 0.609. The van der Waals surface area contributed by atoms with Gasteiger partial charge in [-0.15, -0.1) is 0 Å². The van der Waals surface area contributed by atoms with Crippen LogP contribution in [0.25, 0.3) is 11.1 Å². The van der Waals surface area contributed by atoms with Crippen LogP contribution in [0.4, 0.5) is 5.69 Å². The first-order chi connectivity index (χ1) is 13.2. The van der Waals surface area contributed by atoms with Crippen LogP contribution < -0.4 is 10.5 Å². The highest BCUT2D eigenvalue weighted by atomic mass is 35.5. The number of halogens is 1. The molecule has 0 fully saturated rings. The summed E-state index contributed by atoms with van der Waals surface area (Å²) in [5.74, 6) is -1.38. The Balaban J connectivity index is 1.97. The van der Waals surface area contributed by atoms with E-state index in [9.17, 15) is 18.0 Å². The number of carbonyl (C=O) groups is 1. The molecule has 1 N–H and O–H groups in total. The number of esters is 1. The summed E-state index contributed by atoms with van der Waals surface area (Å²) < 4.78 is 38.9. The molecule has 10 heteroatoms. The van der Waals surface area contributed by atoms with Gasteiger partial charge in [0.1, 0.15) is 6.54 Å². The van der Waals surface area contributed by atoms with E-state index in [1.807, 2.05) is 0 Å². The van der Waals surface area contributed by atoms with Gasteiger partial charge in [-0.05, 0) is 43.7 Å². The van der Waals surface area contributed by atoms with Crippen LogP contribution in [0.5, 0.6) is 0 Å². The van der Waals surface area contributed by atoms with Gasteiger partial charge in [-0.25, -0.2) is 13.2 Å². The fraction of sp³-hybridized carbons (Fsp3) is 0.222. The second-order valence-electron chi connectivity index (χ2n) is 5.91. The third-order valence-corrected chi connectivity index (χ3v) is 5.83. The molecule has 0 unspecified atom stereocenters. The van der Waals surface area contributed by atoms with E-state index in [2.05, 4.69) is 4.72 Å². The van der Waals surface area contributed by atoms with Crippen molar-refractivity contribution >= 4 is 44.4 Å². The van der Waals surface area contributed by atoms with Crippen molar-refractivity contribution < 1.29 is 22.4 Å². The number of benzene rings is 2. The lowest BCUT2D eigenvalue weighted by atomic mass is 10.2. The first kappa shape index (κ1) is 20.0. The molecule has 28 heavy (non-hydrogen) atoms. The molecule has 0 aliphatic rings. The van der Waals surface area contributed by atoms with Crippen molar-refractivity contribution in [2.24, 2.45) is 0 Å². The standard InChI is InChI=1S/C18H17ClN2O6S/c1-3-26-17(22)10-21-15-8-7-12(9-16(15)27-18(21)23)28(24,25)20-14-6-4-5-13(19)11(14)2/h4-9,20H,3,10H2,1-2H3. The Bertz CT molecular complexity index is 1210. The van der Waals surface area contributed by atoms with Crippen LogP contribution in [-0.4, -0.2) is 25.6 Å². The van der Waals surface area contributed by atoms with Crippen LogP contribution >= 0.6 is 11.6 Å². The predicted octanol–water partition coefficient (Wildman–Crippen LogP) is 2.92. The average Bonchev–Trinajstić information content (AvgIpc) is 2.94. The van der Waals surface area contributed by atoms with Crippen molar-refractivity contribution in [3.8, 4) is 0 Å². The zero-order valence-corrected chi connectivity index (χ0v) is 16.6. The van der Waals surface area contributed by atoms with Crippen molar-refractivity contribution in [1.29, 1.82) is 0 Å². The maximum atomic E-state index is 12.7. The van der Waals surface area contributed by atoms with Gasteiger partial charge in [-0.1, -0.05) is 17.7 Å². The summed E-state index contributed by atoms with van der Waals surface area (Å²) in [4.78, 5) is 23.6. The zero-order valence-electron chi connectivity index (χ0n) is 15.1. The summed E-state index contributed by atoms with van der Waals surface area (Å²) in [5.41, 5.74) is 1.26. The van der Waals surface area contributed by atoms with E-state index in [4.69, 9.17) is 20.8 Å². The molecule has 0 spiro atoms. The number of aromatic nitrogens is 1. The number of carbonyl (C=O) groups excluding carboxylic acids is 1. The molecular weight excluding hydrogens is 408 g/mol. The number of sulfonamides is 1. The van der Waals surface area contributed by atoms with Gasteiger partial charge in [0.2, 0.25) is 0 Å². The van der Waals surface area contributed by atoms with Gasteiger partial charge < -0.3 is 9.15 Å². The highest BCUT2D eigenvalue weighted by molar-refractivity contribution is 7.92. The van der Waals surface area contributed by atoms with Crippen molar-refractivity contribution in [2.45, 2.75) is 25.3 Å². The highest BCUT2D eigenvalue weighted by Gasteiger charge is 2.20. The molecule has 8 nitrogen and oxygen atoms in total. The number of oxazole rings is 1. The lowest BCUT2D eigenvalue weighted by molar-refractivity contribution is -0.143. The number of hydrogen-bond donors (Lipinski definition) is 1. The molecule has 0 bridgehead atoms. The molecule has 0 aliphatic heterocycles. The molecular formula is C18H17ClN2O6S. The minimum Gasteiger partial charge on any atom is -0.465 e. The SMILES string of the molecule is CCOC(=O)Cn1c(=O)oc2cc(S(=O)(=O)Nc3cccc(Cl)c3C)ccc21. The second kappa shape index (κ2) is 7.69. The van der Waals surface area contributed by atoms with Crippen LogP contribution in [0.2, 0.25) is 5.02 Å². The van der Waals surface area contributed by atoms with Gasteiger partial charge in [0.05, 0.1) is 22.7 Å². The first-order valence-corrected chi connectivity index (χ1v) is 10.2. The molecule has 3 rings (SSSR count). The lowest BCUT2D eigenvalue weighted by Crippen LogP contribution is -2.21. The number of fused-ring (bicyclic) bond motifs is 1. The van der Waals surface area contributed by atoms with E-state index in [1.54, 1.807) is 32.0 Å². The maximum Gasteiger partial charge on any atom is 0.420 e. The molecule has 0 saturated heterocycles. The van der Waals surface area contributed by atoms with Crippen LogP contribution in [0, 0.1) is 6.92 Å². The van der Waals surface area contributed by atoms with Crippen molar-refractivity contribution in [2.75, 3.05) is 11.3 Å². The Morgan fingerprint density at radius 1 is 1.29 bits per heavy atom. The van der Waals surface area contributed by atoms with Crippen molar-refractivity contribution in [3.05, 3.63) is 57.5 Å². The zero-order chi connectivity index (χ0) is 20.5. The Morgan fingerprint density at radius 3 is 2.75 bits per heavy atom. The van der Waals surface area contributed by atoms with Crippen LogP contribution in [-0.2, 0) is 26.1 Å². The van der Waals surface area contributed by atoms with Crippen LogP contribution in [0.3, 0.4) is 0 Å². The minimum atomic E-state index is -3.95. The summed E-state index contributed by atoms with van der Waals surface area (Å²) in [6, 6.07) is 8.82. The number of rotatable bonds is 6. The average molecular weight is 425 g/mol. The number of nitrogens with zero attached hydrogens (tertiary/aromatic N) is 1. The largest absolute Gasteiger partial charge is 0.465 e. The Hall–Kier alpha value is -2.78. The van der Waals surface area contributed by atoms with E-state index < -0.39 is 21.7 Å². The Kier molecular flexibility index (Phi) is 5.48. The highest BCUT2D eigenvalue weighted by Crippen LogP contribution is 2.26. The molecule has 1 aromatic heterocycles. The van der Waals surface area contributed by atoms with Gasteiger partial charge >= 0.3 is 11.7 Å². The van der Waals surface area contributed by atoms with Gasteiger partial charge in [-0.3, -0.25) is 14.1 Å². The van der Waals surface area contributed by atoms with Gasteiger partial charge in [-0.2, -0.15) is 0 Å². The molecule has 0 atom stereocenters. The van der Waals surface area contributed by atoms with E-state index in [1.165, 1.54) is 18.2 Å². The van der Waals surface area contributed by atoms with Gasteiger partial charge in [0.25, 0.3) is 10.0 Å². The van der Waals surface area contributed by atoms with E-state index >= 15 is 0 Å². The molecule has 0 saturated carbocycles. The van der Waals surface area contributed by atoms with Gasteiger partial charge in [0.15, 0.2) is 5.58 Å². The first-order valence-electron chi connectivity index (χ1n) is 8.30. The molecule has 1 heterocycles. The molecule has 0 radical (unpaired) electrons. The number of hydrogen-bond acceptors (Lipinski definition) is 6.